The van der Waals surface area contributed by atoms with Gasteiger partial charge in [0.05, 0.1) is 25.4 Å². The second-order valence-electron chi connectivity index (χ2n) is 7.00. The first-order chi connectivity index (χ1) is 10.8. The third-order valence-corrected chi connectivity index (χ3v) is 5.18. The fraction of sp³-hybridized carbons (Fsp3) is 0.647. The summed E-state index contributed by atoms with van der Waals surface area (Å²) in [5, 5.41) is 8.81. The first-order valence-electron chi connectivity index (χ1n) is 8.06. The number of rotatable bonds is 5. The first kappa shape index (κ1) is 14.0. The molecule has 1 aromatic rings. The van der Waals surface area contributed by atoms with Gasteiger partial charge in [0.15, 0.2) is 0 Å². The first-order valence-corrected chi connectivity index (χ1v) is 8.06. The summed E-state index contributed by atoms with van der Waals surface area (Å²) >= 11 is 0. The number of pyridine rings is 1. The van der Waals surface area contributed by atoms with Gasteiger partial charge in [-0.25, -0.2) is 4.98 Å². The van der Waals surface area contributed by atoms with Crippen molar-refractivity contribution in [2.24, 2.45) is 17.3 Å². The van der Waals surface area contributed by atoms with Gasteiger partial charge in [0.1, 0.15) is 6.07 Å². The second-order valence-corrected chi connectivity index (χ2v) is 7.00. The maximum atomic E-state index is 8.81. The molecule has 3 fully saturated rings. The maximum absolute atomic E-state index is 8.81. The van der Waals surface area contributed by atoms with Crippen LogP contribution in [0.5, 0.6) is 5.88 Å². The van der Waals surface area contributed by atoms with Gasteiger partial charge in [-0.1, -0.05) is 0 Å². The molecule has 22 heavy (non-hydrogen) atoms. The Morgan fingerprint density at radius 3 is 3.09 bits per heavy atom. The van der Waals surface area contributed by atoms with Gasteiger partial charge in [-0.15, -0.1) is 0 Å². The lowest BCUT2D eigenvalue weighted by Crippen LogP contribution is -2.37. The highest BCUT2D eigenvalue weighted by atomic mass is 16.5. The summed E-state index contributed by atoms with van der Waals surface area (Å²) in [5.41, 5.74) is 0.675. The molecule has 3 heterocycles. The summed E-state index contributed by atoms with van der Waals surface area (Å²) < 4.78 is 11.7. The van der Waals surface area contributed by atoms with Gasteiger partial charge in [0.25, 0.3) is 0 Å². The molecule has 2 aliphatic heterocycles. The van der Waals surface area contributed by atoms with E-state index in [0.29, 0.717) is 24.0 Å². The number of hydrogen-bond donors (Lipinski definition) is 0. The van der Waals surface area contributed by atoms with E-state index in [2.05, 4.69) is 16.0 Å². The molecule has 3 aliphatic rings. The lowest BCUT2D eigenvalue weighted by atomic mass is 9.82. The second kappa shape index (κ2) is 5.53. The molecular formula is C17H21N3O2. The van der Waals surface area contributed by atoms with E-state index in [0.717, 1.165) is 32.2 Å². The molecule has 0 aromatic carbocycles. The van der Waals surface area contributed by atoms with Gasteiger partial charge in [-0.05, 0) is 24.8 Å². The Labute approximate surface area is 130 Å². The van der Waals surface area contributed by atoms with E-state index in [1.54, 1.807) is 18.3 Å². The van der Waals surface area contributed by atoms with Crippen molar-refractivity contribution < 1.29 is 9.47 Å². The van der Waals surface area contributed by atoms with E-state index in [-0.39, 0.29) is 5.41 Å². The molecule has 1 aromatic heterocycles. The van der Waals surface area contributed by atoms with Crippen LogP contribution in [0.25, 0.3) is 0 Å². The van der Waals surface area contributed by atoms with Crippen LogP contribution in [-0.2, 0) is 4.74 Å². The summed E-state index contributed by atoms with van der Waals surface area (Å²) in [7, 11) is 0. The number of nitriles is 1. The highest BCUT2D eigenvalue weighted by Gasteiger charge is 2.51. The molecule has 116 valence electrons. The summed E-state index contributed by atoms with van der Waals surface area (Å²) in [6.45, 7) is 5.75. The average Bonchev–Trinajstić information content (AvgIpc) is 3.16. The Morgan fingerprint density at radius 2 is 2.36 bits per heavy atom. The smallest absolute Gasteiger partial charge is 0.213 e. The van der Waals surface area contributed by atoms with Crippen molar-refractivity contribution in [3.05, 3.63) is 23.9 Å². The fourth-order valence-corrected chi connectivity index (χ4v) is 3.70. The molecule has 2 atom stereocenters. The standard InChI is InChI=1S/C17H21N3O2/c18-5-14-3-4-16(19-6-14)22-12-17-10-20(7-13-1-2-13)8-15(17)9-21-11-17/h3-4,6,13,15H,1-2,7-12H2/t15-,17+/m0/s1. The molecule has 5 nitrogen and oxygen atoms in total. The van der Waals surface area contributed by atoms with E-state index in [9.17, 15) is 0 Å². The van der Waals surface area contributed by atoms with E-state index < -0.39 is 0 Å². The molecule has 4 rings (SSSR count). The minimum atomic E-state index is 0.116. The van der Waals surface area contributed by atoms with Gasteiger partial charge >= 0.3 is 0 Å². The van der Waals surface area contributed by atoms with Crippen LogP contribution in [0.1, 0.15) is 18.4 Å². The van der Waals surface area contributed by atoms with E-state index in [1.165, 1.54) is 19.4 Å². The Bertz CT molecular complexity index is 579. The van der Waals surface area contributed by atoms with E-state index in [4.69, 9.17) is 14.7 Å². The van der Waals surface area contributed by atoms with Gasteiger partial charge in [-0.2, -0.15) is 5.26 Å². The van der Waals surface area contributed by atoms with Crippen molar-refractivity contribution in [2.45, 2.75) is 12.8 Å². The normalized spacial score (nSPS) is 31.0. The number of fused-ring (bicyclic) bond motifs is 1. The minimum absolute atomic E-state index is 0.116. The van der Waals surface area contributed by atoms with Crippen LogP contribution >= 0.6 is 0 Å². The van der Waals surface area contributed by atoms with Crippen LogP contribution < -0.4 is 4.74 Å². The zero-order valence-corrected chi connectivity index (χ0v) is 12.7. The summed E-state index contributed by atoms with van der Waals surface area (Å²) in [6, 6.07) is 5.59. The third kappa shape index (κ3) is 2.69. The molecule has 1 saturated carbocycles. The SMILES string of the molecule is N#Cc1ccc(OC[C@@]23COC[C@@H]2CN(CC2CC2)C3)nc1. The largest absolute Gasteiger partial charge is 0.477 e. The Hall–Kier alpha value is -1.64. The van der Waals surface area contributed by atoms with Crippen molar-refractivity contribution in [1.29, 1.82) is 5.26 Å². The molecule has 0 amide bonds. The van der Waals surface area contributed by atoms with Crippen LogP contribution in [-0.4, -0.2) is 49.3 Å². The van der Waals surface area contributed by atoms with Crippen LogP contribution in [0, 0.1) is 28.6 Å². The number of hydrogen-bond acceptors (Lipinski definition) is 5. The Balaban J connectivity index is 1.40. The van der Waals surface area contributed by atoms with Gasteiger partial charge in [0.2, 0.25) is 5.88 Å². The molecule has 0 bridgehead atoms. The quantitative estimate of drug-likeness (QED) is 0.828. The van der Waals surface area contributed by atoms with E-state index >= 15 is 0 Å². The van der Waals surface area contributed by atoms with Crippen LogP contribution in [0.15, 0.2) is 18.3 Å². The third-order valence-electron chi connectivity index (χ3n) is 5.18. The lowest BCUT2D eigenvalue weighted by Gasteiger charge is -2.27. The minimum Gasteiger partial charge on any atom is -0.477 e. The Morgan fingerprint density at radius 1 is 1.45 bits per heavy atom. The monoisotopic (exact) mass is 299 g/mol. The predicted molar refractivity (Wildman–Crippen MR) is 80.4 cm³/mol. The van der Waals surface area contributed by atoms with Crippen molar-refractivity contribution in [1.82, 2.24) is 9.88 Å². The Kier molecular flexibility index (Phi) is 3.51. The molecule has 0 spiro atoms. The molecule has 0 radical (unpaired) electrons. The van der Waals surface area contributed by atoms with Crippen LogP contribution in [0.2, 0.25) is 0 Å². The average molecular weight is 299 g/mol. The van der Waals surface area contributed by atoms with Gasteiger partial charge in [-0.3, -0.25) is 0 Å². The molecule has 5 heteroatoms. The number of ether oxygens (including phenoxy) is 2. The lowest BCUT2D eigenvalue weighted by molar-refractivity contribution is 0.0886. The molecule has 2 saturated heterocycles. The van der Waals surface area contributed by atoms with Crippen molar-refractivity contribution in [3.8, 4) is 11.9 Å². The topological polar surface area (TPSA) is 58.4 Å². The molecule has 1 aliphatic carbocycles. The predicted octanol–water partition coefficient (Wildman–Crippen LogP) is 1.69. The van der Waals surface area contributed by atoms with Crippen molar-refractivity contribution in [2.75, 3.05) is 39.5 Å². The zero-order chi connectivity index (χ0) is 15.0. The molecular weight excluding hydrogens is 278 g/mol. The zero-order valence-electron chi connectivity index (χ0n) is 12.7. The summed E-state index contributed by atoms with van der Waals surface area (Å²) in [6.07, 6.45) is 4.36. The fourth-order valence-electron chi connectivity index (χ4n) is 3.70. The van der Waals surface area contributed by atoms with Crippen molar-refractivity contribution >= 4 is 0 Å². The van der Waals surface area contributed by atoms with E-state index in [1.807, 2.05) is 0 Å². The molecule has 0 N–H and O–H groups in total. The maximum Gasteiger partial charge on any atom is 0.213 e. The number of likely N-dealkylation sites (tertiary alicyclic amines) is 1. The highest BCUT2D eigenvalue weighted by molar-refractivity contribution is 5.28. The highest BCUT2D eigenvalue weighted by Crippen LogP contribution is 2.43. The van der Waals surface area contributed by atoms with Crippen molar-refractivity contribution in [3.63, 3.8) is 0 Å². The van der Waals surface area contributed by atoms with Gasteiger partial charge in [0, 0.05) is 43.2 Å². The number of aromatic nitrogens is 1. The molecule has 0 unspecified atom stereocenters. The van der Waals surface area contributed by atoms with Gasteiger partial charge < -0.3 is 14.4 Å². The van der Waals surface area contributed by atoms with Crippen LogP contribution in [0.3, 0.4) is 0 Å². The summed E-state index contributed by atoms with van der Waals surface area (Å²) in [4.78, 5) is 6.80. The van der Waals surface area contributed by atoms with Crippen LogP contribution in [0.4, 0.5) is 0 Å². The summed E-state index contributed by atoms with van der Waals surface area (Å²) in [5.74, 6) is 2.10. The number of nitrogens with zero attached hydrogens (tertiary/aromatic N) is 3.